The van der Waals surface area contributed by atoms with Gasteiger partial charge in [0.05, 0.1) is 16.8 Å². The average molecular weight is 229 g/mol. The summed E-state index contributed by atoms with van der Waals surface area (Å²) in [5.74, 6) is 0. The zero-order valence-electron chi connectivity index (χ0n) is 11.8. The van der Waals surface area contributed by atoms with Gasteiger partial charge in [0.25, 0.3) is 0 Å². The van der Waals surface area contributed by atoms with Crippen molar-refractivity contribution in [1.29, 1.82) is 0 Å². The molecule has 1 aliphatic heterocycles. The van der Waals surface area contributed by atoms with E-state index in [-0.39, 0.29) is 11.2 Å². The van der Waals surface area contributed by atoms with Crippen LogP contribution in [0, 0.1) is 0 Å². The van der Waals surface area contributed by atoms with Crippen LogP contribution >= 0.6 is 0 Å². The highest BCUT2D eigenvalue weighted by atomic mass is 16.5. The molecule has 1 unspecified atom stereocenters. The molecule has 1 saturated heterocycles. The Kier molecular flexibility index (Phi) is 3.46. The molecule has 0 spiro atoms. The Morgan fingerprint density at radius 3 is 2.12 bits per heavy atom. The predicted molar refractivity (Wildman–Crippen MR) is 66.6 cm³/mol. The number of hydrogen-bond donors (Lipinski definition) is 1. The van der Waals surface area contributed by atoms with Crippen LogP contribution < -0.4 is 0 Å². The van der Waals surface area contributed by atoms with Gasteiger partial charge < -0.3 is 9.84 Å². The Balaban J connectivity index is 2.73. The second-order valence-corrected chi connectivity index (χ2v) is 6.91. The molecule has 1 N–H and O–H groups in total. The van der Waals surface area contributed by atoms with Crippen molar-refractivity contribution < 1.29 is 9.84 Å². The highest BCUT2D eigenvalue weighted by molar-refractivity contribution is 5.00. The van der Waals surface area contributed by atoms with Gasteiger partial charge in [-0.3, -0.25) is 4.90 Å². The first kappa shape index (κ1) is 13.9. The summed E-state index contributed by atoms with van der Waals surface area (Å²) in [6, 6.07) is 0.355. The van der Waals surface area contributed by atoms with Crippen molar-refractivity contribution >= 4 is 0 Å². The summed E-state index contributed by atoms with van der Waals surface area (Å²) in [5, 5.41) is 9.87. The molecular formula is C13H27NO2. The lowest BCUT2D eigenvalue weighted by molar-refractivity contribution is -0.0830. The van der Waals surface area contributed by atoms with Crippen molar-refractivity contribution in [3.8, 4) is 0 Å². The predicted octanol–water partition coefficient (Wildman–Crippen LogP) is 2.04. The normalized spacial score (nSPS) is 28.7. The van der Waals surface area contributed by atoms with Crippen molar-refractivity contribution in [2.45, 2.75) is 70.8 Å². The van der Waals surface area contributed by atoms with Gasteiger partial charge in [-0.05, 0) is 55.0 Å². The van der Waals surface area contributed by atoms with E-state index in [0.717, 1.165) is 6.42 Å². The maximum atomic E-state index is 9.87. The first-order chi connectivity index (χ1) is 6.93. The zero-order valence-corrected chi connectivity index (χ0v) is 11.8. The van der Waals surface area contributed by atoms with Crippen LogP contribution in [0.25, 0.3) is 0 Å². The second-order valence-electron chi connectivity index (χ2n) is 6.91. The summed E-state index contributed by atoms with van der Waals surface area (Å²) in [4.78, 5) is 2.22. The number of rotatable bonds is 3. The van der Waals surface area contributed by atoms with Crippen molar-refractivity contribution in [2.75, 3.05) is 13.6 Å². The smallest absolute Gasteiger partial charge is 0.0789 e. The molecule has 0 bridgehead atoms. The van der Waals surface area contributed by atoms with E-state index >= 15 is 0 Å². The Labute approximate surface area is 99.8 Å². The number of ether oxygens (including phenoxy) is 1. The lowest BCUT2D eigenvalue weighted by Gasteiger charge is -2.36. The van der Waals surface area contributed by atoms with E-state index < -0.39 is 5.60 Å². The van der Waals surface area contributed by atoms with Gasteiger partial charge in [-0.2, -0.15) is 0 Å². The van der Waals surface area contributed by atoms with Crippen molar-refractivity contribution in [2.24, 2.45) is 0 Å². The molecule has 1 rings (SSSR count). The molecule has 0 amide bonds. The first-order valence-electron chi connectivity index (χ1n) is 6.06. The molecule has 16 heavy (non-hydrogen) atoms. The second kappa shape index (κ2) is 3.97. The first-order valence-corrected chi connectivity index (χ1v) is 6.06. The molecule has 0 aromatic carbocycles. The molecule has 0 aromatic heterocycles. The van der Waals surface area contributed by atoms with E-state index in [1.165, 1.54) is 0 Å². The third-order valence-electron chi connectivity index (χ3n) is 3.20. The molecular weight excluding hydrogens is 202 g/mol. The fourth-order valence-corrected chi connectivity index (χ4v) is 2.94. The van der Waals surface area contributed by atoms with E-state index in [0.29, 0.717) is 12.6 Å². The lowest BCUT2D eigenvalue weighted by Crippen LogP contribution is -2.49. The van der Waals surface area contributed by atoms with Crippen LogP contribution in [-0.2, 0) is 4.74 Å². The highest BCUT2D eigenvalue weighted by Crippen LogP contribution is 2.39. The van der Waals surface area contributed by atoms with E-state index in [4.69, 9.17) is 4.74 Å². The van der Waals surface area contributed by atoms with Gasteiger partial charge in [-0.15, -0.1) is 0 Å². The van der Waals surface area contributed by atoms with E-state index in [9.17, 15) is 5.11 Å². The minimum absolute atomic E-state index is 0.0674. The zero-order chi connectivity index (χ0) is 12.8. The minimum Gasteiger partial charge on any atom is -0.389 e. The maximum Gasteiger partial charge on any atom is 0.0789 e. The minimum atomic E-state index is -0.655. The third kappa shape index (κ3) is 3.44. The van der Waals surface area contributed by atoms with Gasteiger partial charge in [0.1, 0.15) is 0 Å². The van der Waals surface area contributed by atoms with Gasteiger partial charge in [0.15, 0.2) is 0 Å². The summed E-state index contributed by atoms with van der Waals surface area (Å²) in [6.45, 7) is 12.9. The van der Waals surface area contributed by atoms with Crippen LogP contribution in [0.1, 0.15) is 48.0 Å². The van der Waals surface area contributed by atoms with Gasteiger partial charge in [-0.25, -0.2) is 0 Å². The number of aliphatic hydroxyl groups is 1. The molecule has 1 heterocycles. The van der Waals surface area contributed by atoms with Gasteiger partial charge >= 0.3 is 0 Å². The van der Waals surface area contributed by atoms with Gasteiger partial charge in [0.2, 0.25) is 0 Å². The number of nitrogens with zero attached hydrogens (tertiary/aromatic N) is 1. The molecule has 0 radical (unpaired) electrons. The Morgan fingerprint density at radius 2 is 1.81 bits per heavy atom. The monoisotopic (exact) mass is 229 g/mol. The average Bonchev–Trinajstić information content (AvgIpc) is 2.14. The van der Waals surface area contributed by atoms with Crippen LogP contribution in [0.15, 0.2) is 0 Å². The summed E-state index contributed by atoms with van der Waals surface area (Å²) in [7, 11) is 2.06. The molecule has 0 saturated carbocycles. The molecule has 1 aliphatic rings. The maximum absolute atomic E-state index is 9.87. The molecule has 1 atom stereocenters. The van der Waals surface area contributed by atoms with Gasteiger partial charge in [0, 0.05) is 12.6 Å². The fourth-order valence-electron chi connectivity index (χ4n) is 2.94. The highest BCUT2D eigenvalue weighted by Gasteiger charge is 2.47. The largest absolute Gasteiger partial charge is 0.389 e. The topological polar surface area (TPSA) is 32.7 Å². The Bertz CT molecular complexity index is 253. The number of hydrogen-bond acceptors (Lipinski definition) is 3. The summed E-state index contributed by atoms with van der Waals surface area (Å²) in [6.07, 6.45) is 1.01. The Morgan fingerprint density at radius 1 is 1.31 bits per heavy atom. The van der Waals surface area contributed by atoms with E-state index in [2.05, 4.69) is 39.6 Å². The lowest BCUT2D eigenvalue weighted by atomic mass is 9.92. The standard InChI is InChI=1S/C13H27NO2/c1-11(2,15)9-14(7)10-8-12(3,4)16-13(10,5)6/h10,15H,8-9H2,1-7H3. The Hall–Kier alpha value is -0.120. The molecule has 1 fully saturated rings. The molecule has 3 nitrogen and oxygen atoms in total. The molecule has 96 valence electrons. The van der Waals surface area contributed by atoms with Crippen LogP contribution in [0.5, 0.6) is 0 Å². The quantitative estimate of drug-likeness (QED) is 0.804. The van der Waals surface area contributed by atoms with Crippen molar-refractivity contribution in [3.63, 3.8) is 0 Å². The SMILES string of the molecule is CN(CC(C)(C)O)C1CC(C)(C)OC1(C)C. The van der Waals surface area contributed by atoms with E-state index in [1.807, 2.05) is 13.8 Å². The van der Waals surface area contributed by atoms with Crippen molar-refractivity contribution in [1.82, 2.24) is 4.90 Å². The summed E-state index contributed by atoms with van der Waals surface area (Å²) < 4.78 is 6.06. The fraction of sp³-hybridized carbons (Fsp3) is 1.00. The van der Waals surface area contributed by atoms with E-state index in [1.54, 1.807) is 0 Å². The number of likely N-dealkylation sites (N-methyl/N-ethyl adjacent to an activating group) is 1. The molecule has 0 aliphatic carbocycles. The summed E-state index contributed by atoms with van der Waals surface area (Å²) in [5.41, 5.74) is -0.872. The molecule has 0 aromatic rings. The van der Waals surface area contributed by atoms with Crippen LogP contribution in [0.2, 0.25) is 0 Å². The van der Waals surface area contributed by atoms with Crippen LogP contribution in [-0.4, -0.2) is 46.4 Å². The van der Waals surface area contributed by atoms with Crippen molar-refractivity contribution in [3.05, 3.63) is 0 Å². The molecule has 3 heteroatoms. The summed E-state index contributed by atoms with van der Waals surface area (Å²) >= 11 is 0. The van der Waals surface area contributed by atoms with Crippen LogP contribution in [0.4, 0.5) is 0 Å². The van der Waals surface area contributed by atoms with Gasteiger partial charge in [-0.1, -0.05) is 0 Å². The van der Waals surface area contributed by atoms with Crippen LogP contribution in [0.3, 0.4) is 0 Å². The third-order valence-corrected chi connectivity index (χ3v) is 3.20.